The van der Waals surface area contributed by atoms with E-state index in [-0.39, 0.29) is 5.56 Å². The first kappa shape index (κ1) is 9.09. The predicted octanol–water partition coefficient (Wildman–Crippen LogP) is 2.10. The summed E-state index contributed by atoms with van der Waals surface area (Å²) in [5.74, 6) is 0.972. The highest BCUT2D eigenvalue weighted by Gasteiger charge is 2.15. The molecule has 2 aromatic heterocycles. The van der Waals surface area contributed by atoms with Gasteiger partial charge in [0.2, 0.25) is 0 Å². The molecule has 0 unspecified atom stereocenters. The van der Waals surface area contributed by atoms with Crippen LogP contribution in [0.15, 0.2) is 10.2 Å². The van der Waals surface area contributed by atoms with Gasteiger partial charge in [-0.1, -0.05) is 0 Å². The first-order valence-electron chi connectivity index (χ1n) is 5.25. The van der Waals surface area contributed by atoms with E-state index in [4.69, 9.17) is 0 Å². The van der Waals surface area contributed by atoms with Crippen molar-refractivity contribution in [2.24, 2.45) is 0 Å². The van der Waals surface area contributed by atoms with Gasteiger partial charge in [0.25, 0.3) is 5.56 Å². The van der Waals surface area contributed by atoms with Crippen molar-refractivity contribution in [3.63, 3.8) is 0 Å². The first-order chi connectivity index (χ1) is 7.27. The lowest BCUT2D eigenvalue weighted by Gasteiger charge is -2.16. The number of aromatic nitrogens is 2. The number of hydrogen-bond donors (Lipinski definition) is 0. The van der Waals surface area contributed by atoms with Crippen molar-refractivity contribution in [2.45, 2.75) is 32.7 Å². The summed E-state index contributed by atoms with van der Waals surface area (Å²) in [6.07, 6.45) is 3.20. The molecule has 2 aromatic rings. The smallest absolute Gasteiger partial charge is 0.262 e. The highest BCUT2D eigenvalue weighted by molar-refractivity contribution is 7.11. The van der Waals surface area contributed by atoms with Crippen molar-refractivity contribution < 1.29 is 0 Å². The quantitative estimate of drug-likeness (QED) is 0.681. The molecule has 3 rings (SSSR count). The van der Waals surface area contributed by atoms with Gasteiger partial charge < -0.3 is 0 Å². The van der Waals surface area contributed by atoms with E-state index in [1.54, 1.807) is 11.3 Å². The van der Waals surface area contributed by atoms with Crippen LogP contribution in [0.4, 0.5) is 0 Å². The topological polar surface area (TPSA) is 34.9 Å². The van der Waals surface area contributed by atoms with Gasteiger partial charge >= 0.3 is 0 Å². The van der Waals surface area contributed by atoms with Crippen LogP contribution in [0.5, 0.6) is 0 Å². The molecule has 1 aliphatic rings. The average Bonchev–Trinajstić information content (AvgIpc) is 2.62. The van der Waals surface area contributed by atoms with Gasteiger partial charge in [-0.3, -0.25) is 9.36 Å². The van der Waals surface area contributed by atoms with Gasteiger partial charge in [0.05, 0.1) is 10.9 Å². The number of hydrogen-bond acceptors (Lipinski definition) is 3. The Morgan fingerprint density at radius 3 is 3.20 bits per heavy atom. The van der Waals surface area contributed by atoms with Gasteiger partial charge in [-0.25, -0.2) is 4.98 Å². The van der Waals surface area contributed by atoms with Gasteiger partial charge in [0.1, 0.15) is 5.82 Å². The molecule has 0 bridgehead atoms. The van der Waals surface area contributed by atoms with Crippen molar-refractivity contribution in [1.29, 1.82) is 0 Å². The van der Waals surface area contributed by atoms with Crippen molar-refractivity contribution in [3.8, 4) is 0 Å². The number of thiophene rings is 1. The zero-order valence-electron chi connectivity index (χ0n) is 8.62. The van der Waals surface area contributed by atoms with Crippen LogP contribution in [-0.2, 0) is 13.0 Å². The van der Waals surface area contributed by atoms with Crippen molar-refractivity contribution >= 4 is 22.2 Å². The van der Waals surface area contributed by atoms with E-state index in [1.807, 2.05) is 16.9 Å². The third-order valence-corrected chi connectivity index (χ3v) is 3.90. The van der Waals surface area contributed by atoms with Crippen LogP contribution < -0.4 is 5.56 Å². The highest BCUT2D eigenvalue weighted by Crippen LogP contribution is 2.22. The molecular weight excluding hydrogens is 208 g/mol. The van der Waals surface area contributed by atoms with Gasteiger partial charge in [-0.15, -0.1) is 11.3 Å². The molecule has 4 heteroatoms. The molecule has 0 fully saturated rings. The number of rotatable bonds is 0. The molecule has 0 radical (unpaired) electrons. The van der Waals surface area contributed by atoms with Crippen molar-refractivity contribution in [2.75, 3.05) is 0 Å². The van der Waals surface area contributed by atoms with Crippen LogP contribution in [0.2, 0.25) is 0 Å². The standard InChI is InChI=1S/C11H12N2OS/c1-7-10-8(6-15-7)11(14)13-5-3-2-4-9(13)12-10/h6H,2-5H2,1H3. The van der Waals surface area contributed by atoms with Crippen LogP contribution in [0.1, 0.15) is 23.5 Å². The Balaban J connectivity index is 2.43. The van der Waals surface area contributed by atoms with E-state index in [0.717, 1.165) is 47.4 Å². The molecule has 0 spiro atoms. The molecule has 3 heterocycles. The summed E-state index contributed by atoms with van der Waals surface area (Å²) in [4.78, 5) is 17.9. The number of nitrogens with zero attached hydrogens (tertiary/aromatic N) is 2. The van der Waals surface area contributed by atoms with Gasteiger partial charge in [0, 0.05) is 23.2 Å². The van der Waals surface area contributed by atoms with Crippen molar-refractivity contribution in [1.82, 2.24) is 9.55 Å². The molecule has 15 heavy (non-hydrogen) atoms. The fourth-order valence-corrected chi connectivity index (χ4v) is 2.94. The summed E-state index contributed by atoms with van der Waals surface area (Å²) < 4.78 is 1.85. The second kappa shape index (κ2) is 3.17. The van der Waals surface area contributed by atoms with Crippen LogP contribution in [-0.4, -0.2) is 9.55 Å². The minimum absolute atomic E-state index is 0.152. The zero-order chi connectivity index (χ0) is 10.4. The predicted molar refractivity (Wildman–Crippen MR) is 61.6 cm³/mol. The van der Waals surface area contributed by atoms with Crippen LogP contribution in [0.3, 0.4) is 0 Å². The SMILES string of the molecule is Cc1scc2c(=O)n3c(nc12)CCCC3. The molecule has 0 amide bonds. The average molecular weight is 220 g/mol. The lowest BCUT2D eigenvalue weighted by Crippen LogP contribution is -2.27. The van der Waals surface area contributed by atoms with E-state index in [2.05, 4.69) is 4.98 Å². The fourth-order valence-electron chi connectivity index (χ4n) is 2.17. The Labute approximate surface area is 91.4 Å². The van der Waals surface area contributed by atoms with E-state index in [9.17, 15) is 4.79 Å². The molecule has 78 valence electrons. The summed E-state index contributed by atoms with van der Waals surface area (Å²) in [7, 11) is 0. The lowest BCUT2D eigenvalue weighted by molar-refractivity contribution is 0.501. The van der Waals surface area contributed by atoms with Crippen LogP contribution >= 0.6 is 11.3 Å². The monoisotopic (exact) mass is 220 g/mol. The minimum Gasteiger partial charge on any atom is -0.296 e. The highest BCUT2D eigenvalue weighted by atomic mass is 32.1. The molecule has 0 saturated heterocycles. The molecule has 0 aromatic carbocycles. The van der Waals surface area contributed by atoms with Crippen molar-refractivity contribution in [3.05, 3.63) is 26.4 Å². The maximum absolute atomic E-state index is 12.1. The Kier molecular flexibility index (Phi) is 1.92. The largest absolute Gasteiger partial charge is 0.296 e. The molecule has 0 N–H and O–H groups in total. The zero-order valence-corrected chi connectivity index (χ0v) is 9.43. The second-order valence-corrected chi connectivity index (χ2v) is 5.08. The van der Waals surface area contributed by atoms with Crippen LogP contribution in [0, 0.1) is 6.92 Å². The van der Waals surface area contributed by atoms with Gasteiger partial charge in [0.15, 0.2) is 0 Å². The Bertz CT molecular complexity index is 582. The molecular formula is C11H12N2OS. The number of fused-ring (bicyclic) bond motifs is 2. The normalized spacial score (nSPS) is 15.5. The van der Waals surface area contributed by atoms with E-state index < -0.39 is 0 Å². The second-order valence-electron chi connectivity index (χ2n) is 4.00. The maximum atomic E-state index is 12.1. The number of aryl methyl sites for hydroxylation is 2. The van der Waals surface area contributed by atoms with Gasteiger partial charge in [-0.2, -0.15) is 0 Å². The van der Waals surface area contributed by atoms with E-state index in [0.29, 0.717) is 0 Å². The summed E-state index contributed by atoms with van der Waals surface area (Å²) in [5.41, 5.74) is 1.07. The summed E-state index contributed by atoms with van der Waals surface area (Å²) in [6.45, 7) is 2.87. The Morgan fingerprint density at radius 2 is 2.33 bits per heavy atom. The molecule has 0 saturated carbocycles. The molecule has 0 aliphatic carbocycles. The fraction of sp³-hybridized carbons (Fsp3) is 0.455. The summed E-state index contributed by atoms with van der Waals surface area (Å²) >= 11 is 1.61. The van der Waals surface area contributed by atoms with E-state index in [1.165, 1.54) is 0 Å². The maximum Gasteiger partial charge on any atom is 0.262 e. The molecule has 0 atom stereocenters. The minimum atomic E-state index is 0.152. The third kappa shape index (κ3) is 1.24. The summed E-state index contributed by atoms with van der Waals surface area (Å²) in [5, 5.41) is 2.73. The Hall–Kier alpha value is -1.16. The first-order valence-corrected chi connectivity index (χ1v) is 6.13. The lowest BCUT2D eigenvalue weighted by atomic mass is 10.1. The van der Waals surface area contributed by atoms with Gasteiger partial charge in [-0.05, 0) is 19.8 Å². The molecule has 3 nitrogen and oxygen atoms in total. The van der Waals surface area contributed by atoms with Crippen LogP contribution in [0.25, 0.3) is 10.9 Å². The third-order valence-electron chi connectivity index (χ3n) is 3.00. The van der Waals surface area contributed by atoms with E-state index >= 15 is 0 Å². The molecule has 1 aliphatic heterocycles. The summed E-state index contributed by atoms with van der Waals surface area (Å²) in [6, 6.07) is 0. The Morgan fingerprint density at radius 1 is 1.47 bits per heavy atom.